The normalized spacial score (nSPS) is 17.3. The number of piperazine rings is 1. The summed E-state index contributed by atoms with van der Waals surface area (Å²) >= 11 is 1.80. The van der Waals surface area contributed by atoms with Crippen LogP contribution < -0.4 is 4.90 Å². The fourth-order valence-electron chi connectivity index (χ4n) is 3.75. The third-order valence-electron chi connectivity index (χ3n) is 5.27. The van der Waals surface area contributed by atoms with Crippen molar-refractivity contribution < 1.29 is 9.18 Å². The highest BCUT2D eigenvalue weighted by Gasteiger charge is 2.22. The van der Waals surface area contributed by atoms with E-state index < -0.39 is 0 Å². The lowest BCUT2D eigenvalue weighted by Gasteiger charge is -2.36. The van der Waals surface area contributed by atoms with Gasteiger partial charge in [0.15, 0.2) is 0 Å². The van der Waals surface area contributed by atoms with Crippen molar-refractivity contribution >= 4 is 22.9 Å². The smallest absolute Gasteiger partial charge is 0.223 e. The van der Waals surface area contributed by atoms with Crippen LogP contribution in [0.25, 0.3) is 0 Å². The van der Waals surface area contributed by atoms with Crippen molar-refractivity contribution in [3.63, 3.8) is 0 Å². The molecule has 2 heterocycles. The van der Waals surface area contributed by atoms with Gasteiger partial charge in [0, 0.05) is 49.6 Å². The molecular weight excluding hydrogens is 349 g/mol. The first-order valence-electron chi connectivity index (χ1n) is 9.45. The Bertz CT molecular complexity index is 742. The molecule has 0 saturated carbocycles. The number of aryl methyl sites for hydroxylation is 3. The van der Waals surface area contributed by atoms with Crippen LogP contribution in [0.4, 0.5) is 10.1 Å². The van der Waals surface area contributed by atoms with Crippen LogP contribution in [-0.4, -0.2) is 42.0 Å². The van der Waals surface area contributed by atoms with Crippen molar-refractivity contribution in [3.05, 3.63) is 45.7 Å². The summed E-state index contributed by atoms with van der Waals surface area (Å²) in [6.07, 6.45) is 6.08. The summed E-state index contributed by atoms with van der Waals surface area (Å²) in [4.78, 5) is 22.9. The molecule has 6 heteroatoms. The molecule has 1 fully saturated rings. The molecule has 1 aromatic heterocycles. The first-order chi connectivity index (χ1) is 12.7. The Balaban J connectivity index is 1.27. The van der Waals surface area contributed by atoms with E-state index in [2.05, 4.69) is 4.90 Å². The molecule has 138 valence electrons. The number of thiazole rings is 1. The van der Waals surface area contributed by atoms with Crippen molar-refractivity contribution in [2.45, 2.75) is 38.5 Å². The van der Waals surface area contributed by atoms with E-state index in [0.29, 0.717) is 6.42 Å². The first kappa shape index (κ1) is 17.5. The molecule has 1 aliphatic carbocycles. The molecule has 26 heavy (non-hydrogen) atoms. The highest BCUT2D eigenvalue weighted by Crippen LogP contribution is 2.27. The number of fused-ring (bicyclic) bond motifs is 1. The number of nitrogens with zero attached hydrogens (tertiary/aromatic N) is 3. The van der Waals surface area contributed by atoms with Gasteiger partial charge in [0.25, 0.3) is 0 Å². The molecule has 0 atom stereocenters. The number of benzene rings is 1. The minimum absolute atomic E-state index is 0.216. The average Bonchev–Trinajstić information content (AvgIpc) is 3.10. The highest BCUT2D eigenvalue weighted by atomic mass is 32.1. The van der Waals surface area contributed by atoms with Gasteiger partial charge in [-0.1, -0.05) is 0 Å². The summed E-state index contributed by atoms with van der Waals surface area (Å²) in [6.45, 7) is 3.04. The van der Waals surface area contributed by atoms with E-state index in [-0.39, 0.29) is 11.7 Å². The van der Waals surface area contributed by atoms with E-state index in [1.807, 2.05) is 4.90 Å². The number of anilines is 1. The Morgan fingerprint density at radius 1 is 1.08 bits per heavy atom. The summed E-state index contributed by atoms with van der Waals surface area (Å²) in [5.74, 6) is 0.00311. The SMILES string of the molecule is O=C(CCc1nc2c(s1)CCCC2)N1CCN(c2ccc(F)cc2)CC1. The van der Waals surface area contributed by atoms with E-state index in [1.54, 1.807) is 23.5 Å². The number of hydrogen-bond donors (Lipinski definition) is 0. The van der Waals surface area contributed by atoms with E-state index in [4.69, 9.17) is 4.98 Å². The largest absolute Gasteiger partial charge is 0.368 e. The summed E-state index contributed by atoms with van der Waals surface area (Å²) < 4.78 is 13.0. The Hall–Kier alpha value is -1.95. The molecule has 2 aromatic rings. The number of amides is 1. The van der Waals surface area contributed by atoms with Crippen molar-refractivity contribution in [3.8, 4) is 0 Å². The molecule has 2 aliphatic rings. The lowest BCUT2D eigenvalue weighted by atomic mass is 10.0. The van der Waals surface area contributed by atoms with Crippen LogP contribution in [0.2, 0.25) is 0 Å². The fraction of sp³-hybridized carbons (Fsp3) is 0.500. The average molecular weight is 373 g/mol. The maximum atomic E-state index is 13.0. The number of carbonyl (C=O) groups excluding carboxylic acids is 1. The van der Waals surface area contributed by atoms with E-state index in [9.17, 15) is 9.18 Å². The Morgan fingerprint density at radius 3 is 2.54 bits per heavy atom. The van der Waals surface area contributed by atoms with Crippen molar-refractivity contribution in [1.82, 2.24) is 9.88 Å². The minimum Gasteiger partial charge on any atom is -0.368 e. The molecule has 0 bridgehead atoms. The van der Waals surface area contributed by atoms with Crippen molar-refractivity contribution in [2.75, 3.05) is 31.1 Å². The number of hydrogen-bond acceptors (Lipinski definition) is 4. The van der Waals surface area contributed by atoms with Gasteiger partial charge in [0.1, 0.15) is 5.82 Å². The lowest BCUT2D eigenvalue weighted by Crippen LogP contribution is -2.48. The Labute approximate surface area is 157 Å². The number of aromatic nitrogens is 1. The predicted octanol–water partition coefficient (Wildman–Crippen LogP) is 3.44. The second-order valence-corrected chi connectivity index (χ2v) is 8.20. The van der Waals surface area contributed by atoms with Crippen molar-refractivity contribution in [2.24, 2.45) is 0 Å². The Kier molecular flexibility index (Phi) is 5.20. The molecule has 0 N–H and O–H groups in total. The molecule has 1 aromatic carbocycles. The van der Waals surface area contributed by atoms with Crippen LogP contribution in [0, 0.1) is 5.82 Å². The van der Waals surface area contributed by atoms with E-state index in [1.165, 1.54) is 35.5 Å². The van der Waals surface area contributed by atoms with Crippen LogP contribution in [0.15, 0.2) is 24.3 Å². The fourth-order valence-corrected chi connectivity index (χ4v) is 4.91. The molecule has 4 nitrogen and oxygen atoms in total. The standard InChI is InChI=1S/C20H24FN3OS/c21-15-5-7-16(8-6-15)23-11-13-24(14-12-23)20(25)10-9-19-22-17-3-1-2-4-18(17)26-19/h5-8H,1-4,9-14H2. The highest BCUT2D eigenvalue weighted by molar-refractivity contribution is 7.11. The monoisotopic (exact) mass is 373 g/mol. The lowest BCUT2D eigenvalue weighted by molar-refractivity contribution is -0.131. The van der Waals surface area contributed by atoms with Crippen LogP contribution in [0.1, 0.15) is 34.8 Å². The molecule has 0 unspecified atom stereocenters. The second kappa shape index (κ2) is 7.74. The maximum absolute atomic E-state index is 13.0. The van der Waals surface area contributed by atoms with Gasteiger partial charge in [-0.05, 0) is 49.9 Å². The third kappa shape index (κ3) is 3.90. The number of rotatable bonds is 4. The van der Waals surface area contributed by atoms with E-state index >= 15 is 0 Å². The predicted molar refractivity (Wildman–Crippen MR) is 102 cm³/mol. The summed E-state index contributed by atoms with van der Waals surface area (Å²) in [6, 6.07) is 6.58. The summed E-state index contributed by atoms with van der Waals surface area (Å²) in [7, 11) is 0. The van der Waals surface area contributed by atoms with Crippen LogP contribution in [0.5, 0.6) is 0 Å². The van der Waals surface area contributed by atoms with Crippen LogP contribution >= 0.6 is 11.3 Å². The van der Waals surface area contributed by atoms with Gasteiger partial charge < -0.3 is 9.80 Å². The van der Waals surface area contributed by atoms with Gasteiger partial charge >= 0.3 is 0 Å². The third-order valence-corrected chi connectivity index (χ3v) is 6.48. The summed E-state index contributed by atoms with van der Waals surface area (Å²) in [5, 5.41) is 1.12. The van der Waals surface area contributed by atoms with Crippen molar-refractivity contribution in [1.29, 1.82) is 0 Å². The number of carbonyl (C=O) groups is 1. The van der Waals surface area contributed by atoms with Crippen LogP contribution in [0.3, 0.4) is 0 Å². The Morgan fingerprint density at radius 2 is 1.81 bits per heavy atom. The maximum Gasteiger partial charge on any atom is 0.223 e. The van der Waals surface area contributed by atoms with Crippen LogP contribution in [-0.2, 0) is 24.1 Å². The first-order valence-corrected chi connectivity index (χ1v) is 10.3. The molecule has 4 rings (SSSR count). The molecule has 0 radical (unpaired) electrons. The van der Waals surface area contributed by atoms with Gasteiger partial charge in [0.2, 0.25) is 5.91 Å². The van der Waals surface area contributed by atoms with Gasteiger partial charge in [-0.25, -0.2) is 9.37 Å². The zero-order valence-corrected chi connectivity index (χ0v) is 15.7. The molecule has 1 amide bonds. The second-order valence-electron chi connectivity index (χ2n) is 7.03. The zero-order chi connectivity index (χ0) is 17.9. The van der Waals surface area contributed by atoms with E-state index in [0.717, 1.165) is 56.1 Å². The summed E-state index contributed by atoms with van der Waals surface area (Å²) in [5.41, 5.74) is 2.29. The molecule has 1 aliphatic heterocycles. The molecule has 0 spiro atoms. The quantitative estimate of drug-likeness (QED) is 0.824. The topological polar surface area (TPSA) is 36.4 Å². The number of halogens is 1. The minimum atomic E-state index is -0.216. The van der Waals surface area contributed by atoms with Gasteiger partial charge in [-0.15, -0.1) is 11.3 Å². The van der Waals surface area contributed by atoms with Gasteiger partial charge in [-0.2, -0.15) is 0 Å². The van der Waals surface area contributed by atoms with Gasteiger partial charge in [-0.3, -0.25) is 4.79 Å². The van der Waals surface area contributed by atoms with Gasteiger partial charge in [0.05, 0.1) is 10.7 Å². The zero-order valence-electron chi connectivity index (χ0n) is 14.9. The molecular formula is C20H24FN3OS. The molecule has 1 saturated heterocycles.